The summed E-state index contributed by atoms with van der Waals surface area (Å²) in [7, 11) is 0. The Kier molecular flexibility index (Phi) is 3.04. The van der Waals surface area contributed by atoms with Gasteiger partial charge in [0, 0.05) is 0 Å². The average Bonchev–Trinajstić information content (AvgIpc) is 1.94. The van der Waals surface area contributed by atoms with E-state index in [0.29, 0.717) is 6.04 Å². The summed E-state index contributed by atoms with van der Waals surface area (Å²) in [5.74, 6) is 0.726. The Labute approximate surface area is 67.5 Å². The number of rotatable bonds is 1. The highest BCUT2D eigenvalue weighted by Gasteiger charge is 2.19. The molecule has 0 aromatic heterocycles. The van der Waals surface area contributed by atoms with Gasteiger partial charge in [0.2, 0.25) is 0 Å². The van der Waals surface area contributed by atoms with E-state index in [0.717, 1.165) is 5.92 Å². The maximum Gasteiger partial charge on any atom is 0.0628 e. The number of thiocarbonyl (C=S) groups is 1. The first-order valence-corrected chi connectivity index (χ1v) is 4.32. The Morgan fingerprint density at radius 2 is 2.10 bits per heavy atom. The van der Waals surface area contributed by atoms with Gasteiger partial charge in [-0.1, -0.05) is 19.8 Å². The van der Waals surface area contributed by atoms with Crippen LogP contribution in [0, 0.1) is 5.92 Å². The zero-order chi connectivity index (χ0) is 7.40. The molecule has 0 aromatic carbocycles. The van der Waals surface area contributed by atoms with E-state index >= 15 is 0 Å². The fourth-order valence-electron chi connectivity index (χ4n) is 1.56. The van der Waals surface area contributed by atoms with Gasteiger partial charge >= 0.3 is 0 Å². The molecule has 1 nitrogen and oxygen atoms in total. The van der Waals surface area contributed by atoms with Gasteiger partial charge in [0.15, 0.2) is 0 Å². The fourth-order valence-corrected chi connectivity index (χ4v) is 1.69. The van der Waals surface area contributed by atoms with Crippen LogP contribution in [0.3, 0.4) is 0 Å². The van der Waals surface area contributed by atoms with Crippen molar-refractivity contribution in [3.05, 3.63) is 0 Å². The first-order chi connectivity index (χ1) is 4.84. The van der Waals surface area contributed by atoms with Crippen LogP contribution in [0.1, 0.15) is 32.6 Å². The highest BCUT2D eigenvalue weighted by molar-refractivity contribution is 7.78. The van der Waals surface area contributed by atoms with Gasteiger partial charge < -0.3 is 0 Å². The summed E-state index contributed by atoms with van der Waals surface area (Å²) >= 11 is 4.57. The predicted molar refractivity (Wildman–Crippen MR) is 46.4 cm³/mol. The maximum absolute atomic E-state index is 4.57. The standard InChI is InChI=1S/C8H13NS/c1-7-4-2-3-5-8(7)9-6-10/h7-8H,2-5H2,1H3/t7-,8+/m1/s1. The summed E-state index contributed by atoms with van der Waals surface area (Å²) in [6.07, 6.45) is 5.20. The van der Waals surface area contributed by atoms with Crippen molar-refractivity contribution in [1.29, 1.82) is 0 Å². The van der Waals surface area contributed by atoms with Crippen LogP contribution in [-0.2, 0) is 0 Å². The molecule has 0 aliphatic heterocycles. The van der Waals surface area contributed by atoms with E-state index in [9.17, 15) is 0 Å². The summed E-state index contributed by atoms with van der Waals surface area (Å²) in [6.45, 7) is 2.25. The van der Waals surface area contributed by atoms with E-state index < -0.39 is 0 Å². The molecule has 1 aliphatic carbocycles. The number of hydrogen-bond acceptors (Lipinski definition) is 2. The third-order valence-corrected chi connectivity index (χ3v) is 2.39. The number of hydrogen-bond donors (Lipinski definition) is 0. The number of nitrogens with zero attached hydrogens (tertiary/aromatic N) is 1. The Morgan fingerprint density at radius 3 is 2.70 bits per heavy atom. The van der Waals surface area contributed by atoms with Gasteiger partial charge in [-0.15, -0.1) is 0 Å². The van der Waals surface area contributed by atoms with Crippen LogP contribution < -0.4 is 0 Å². The monoisotopic (exact) mass is 155 g/mol. The van der Waals surface area contributed by atoms with Crippen molar-refractivity contribution >= 4 is 17.4 Å². The van der Waals surface area contributed by atoms with E-state index in [1.165, 1.54) is 25.7 Å². The molecule has 0 aromatic rings. The summed E-state index contributed by atoms with van der Waals surface area (Å²) in [5.41, 5.74) is 0. The molecule has 0 amide bonds. The van der Waals surface area contributed by atoms with E-state index in [2.05, 4.69) is 29.3 Å². The van der Waals surface area contributed by atoms with E-state index in [4.69, 9.17) is 0 Å². The van der Waals surface area contributed by atoms with Crippen molar-refractivity contribution in [2.75, 3.05) is 0 Å². The fraction of sp³-hybridized carbons (Fsp3) is 0.875. The lowest BCUT2D eigenvalue weighted by molar-refractivity contribution is 0.334. The third-order valence-electron chi connectivity index (χ3n) is 2.28. The van der Waals surface area contributed by atoms with E-state index in [1.807, 2.05) is 0 Å². The average molecular weight is 155 g/mol. The zero-order valence-corrected chi connectivity index (χ0v) is 7.16. The van der Waals surface area contributed by atoms with Gasteiger partial charge in [-0.2, -0.15) is 0 Å². The molecule has 2 heteroatoms. The Balaban J connectivity index is 2.47. The zero-order valence-electron chi connectivity index (χ0n) is 6.34. The quantitative estimate of drug-likeness (QED) is 0.419. The normalized spacial score (nSPS) is 32.9. The van der Waals surface area contributed by atoms with Gasteiger partial charge in [0.05, 0.1) is 11.2 Å². The van der Waals surface area contributed by atoms with Gasteiger partial charge in [0.1, 0.15) is 0 Å². The molecular formula is C8H13NS. The van der Waals surface area contributed by atoms with E-state index in [-0.39, 0.29) is 0 Å². The smallest absolute Gasteiger partial charge is 0.0628 e. The van der Waals surface area contributed by atoms with Crippen LogP contribution in [0.4, 0.5) is 0 Å². The summed E-state index contributed by atoms with van der Waals surface area (Å²) < 4.78 is 0. The summed E-state index contributed by atoms with van der Waals surface area (Å²) in [4.78, 5) is 4.13. The second kappa shape index (κ2) is 3.85. The first-order valence-electron chi connectivity index (χ1n) is 3.91. The molecular weight excluding hydrogens is 142 g/mol. The minimum atomic E-state index is 0.478. The van der Waals surface area contributed by atoms with Crippen LogP contribution in [0.5, 0.6) is 0 Å². The van der Waals surface area contributed by atoms with Gasteiger partial charge in [0.25, 0.3) is 0 Å². The van der Waals surface area contributed by atoms with Crippen molar-refractivity contribution < 1.29 is 0 Å². The van der Waals surface area contributed by atoms with Crippen LogP contribution in [-0.4, -0.2) is 11.2 Å². The predicted octanol–water partition coefficient (Wildman–Crippen LogP) is 2.67. The Bertz CT molecular complexity index is 149. The highest BCUT2D eigenvalue weighted by atomic mass is 32.1. The molecule has 10 heavy (non-hydrogen) atoms. The number of aliphatic imine (C=N–C) groups is 1. The lowest BCUT2D eigenvalue weighted by Crippen LogP contribution is -2.19. The molecule has 56 valence electrons. The molecule has 0 radical (unpaired) electrons. The van der Waals surface area contributed by atoms with E-state index in [1.54, 1.807) is 0 Å². The maximum atomic E-state index is 4.57. The van der Waals surface area contributed by atoms with Crippen LogP contribution in [0.25, 0.3) is 0 Å². The molecule has 2 atom stereocenters. The molecule has 1 aliphatic rings. The number of isothiocyanates is 1. The second-order valence-corrected chi connectivity index (χ2v) is 3.23. The molecule has 0 unspecified atom stereocenters. The summed E-state index contributed by atoms with van der Waals surface area (Å²) in [6, 6.07) is 0.478. The van der Waals surface area contributed by atoms with Crippen molar-refractivity contribution in [3.63, 3.8) is 0 Å². The first kappa shape index (κ1) is 7.90. The lowest BCUT2D eigenvalue weighted by atomic mass is 9.86. The van der Waals surface area contributed by atoms with Gasteiger partial charge in [-0.3, -0.25) is 0 Å². The highest BCUT2D eigenvalue weighted by Crippen LogP contribution is 2.25. The van der Waals surface area contributed by atoms with Crippen molar-refractivity contribution in [3.8, 4) is 0 Å². The molecule has 0 saturated heterocycles. The molecule has 0 bridgehead atoms. The van der Waals surface area contributed by atoms with Crippen LogP contribution in [0.15, 0.2) is 4.99 Å². The van der Waals surface area contributed by atoms with Gasteiger partial charge in [-0.05, 0) is 31.0 Å². The van der Waals surface area contributed by atoms with Crippen LogP contribution in [0.2, 0.25) is 0 Å². The van der Waals surface area contributed by atoms with Crippen LogP contribution >= 0.6 is 12.2 Å². The minimum absolute atomic E-state index is 0.478. The molecule has 1 fully saturated rings. The largest absolute Gasteiger partial charge is 0.229 e. The van der Waals surface area contributed by atoms with Crippen molar-refractivity contribution in [2.24, 2.45) is 10.9 Å². The molecule has 0 heterocycles. The molecule has 0 spiro atoms. The second-order valence-electron chi connectivity index (χ2n) is 3.05. The Morgan fingerprint density at radius 1 is 1.40 bits per heavy atom. The molecule has 1 rings (SSSR count). The lowest BCUT2D eigenvalue weighted by Gasteiger charge is -2.23. The van der Waals surface area contributed by atoms with Gasteiger partial charge in [-0.25, -0.2) is 4.99 Å². The molecule has 0 N–H and O–H groups in total. The minimum Gasteiger partial charge on any atom is -0.229 e. The summed E-state index contributed by atoms with van der Waals surface area (Å²) in [5, 5.41) is 2.48. The van der Waals surface area contributed by atoms with Crippen molar-refractivity contribution in [2.45, 2.75) is 38.6 Å². The Hall–Kier alpha value is -0.200. The topological polar surface area (TPSA) is 12.4 Å². The third kappa shape index (κ3) is 1.89. The van der Waals surface area contributed by atoms with Crippen molar-refractivity contribution in [1.82, 2.24) is 0 Å². The SMILES string of the molecule is C[C@@H]1CCCC[C@@H]1N=C=S. The molecule has 1 saturated carbocycles.